The molecule has 1 saturated heterocycles. The van der Waals surface area contributed by atoms with Crippen molar-refractivity contribution in [3.05, 3.63) is 40.3 Å². The zero-order valence-electron chi connectivity index (χ0n) is 14.3. The number of hydrogen-bond acceptors (Lipinski definition) is 5. The standard InChI is InChI=1S/C18H24N4O2S/c23-18(19-7-4-16-2-1-11-25-16)17-13-21(14-5-9-24-10-6-14)12-15-3-8-20-22(15)17/h1-3,8,11,14,17H,4-7,9-10,12-13H2,(H,19,23)/t17-/m1/s1. The van der Waals surface area contributed by atoms with Crippen molar-refractivity contribution in [2.24, 2.45) is 0 Å². The fourth-order valence-electron chi connectivity index (χ4n) is 3.72. The van der Waals surface area contributed by atoms with Gasteiger partial charge in [-0.15, -0.1) is 11.3 Å². The molecule has 0 aliphatic carbocycles. The van der Waals surface area contributed by atoms with Crippen LogP contribution in [0.1, 0.15) is 29.5 Å². The first-order valence-electron chi connectivity index (χ1n) is 8.95. The van der Waals surface area contributed by atoms with Crippen LogP contribution in [0.15, 0.2) is 29.8 Å². The third-order valence-corrected chi connectivity index (χ3v) is 6.02. The Hall–Kier alpha value is -1.70. The molecular weight excluding hydrogens is 336 g/mol. The van der Waals surface area contributed by atoms with Gasteiger partial charge in [-0.25, -0.2) is 0 Å². The summed E-state index contributed by atoms with van der Waals surface area (Å²) < 4.78 is 7.38. The molecular formula is C18H24N4O2S. The van der Waals surface area contributed by atoms with Gasteiger partial charge in [-0.05, 0) is 36.8 Å². The van der Waals surface area contributed by atoms with E-state index in [9.17, 15) is 4.79 Å². The molecule has 25 heavy (non-hydrogen) atoms. The Kier molecular flexibility index (Phi) is 5.14. The maximum atomic E-state index is 12.8. The minimum Gasteiger partial charge on any atom is -0.381 e. The van der Waals surface area contributed by atoms with Crippen molar-refractivity contribution in [2.45, 2.75) is 37.9 Å². The second kappa shape index (κ2) is 7.68. The van der Waals surface area contributed by atoms with Gasteiger partial charge in [-0.3, -0.25) is 14.4 Å². The molecule has 1 fully saturated rings. The zero-order valence-corrected chi connectivity index (χ0v) is 15.1. The van der Waals surface area contributed by atoms with Crippen molar-refractivity contribution in [1.29, 1.82) is 0 Å². The van der Waals surface area contributed by atoms with E-state index in [-0.39, 0.29) is 11.9 Å². The van der Waals surface area contributed by atoms with E-state index in [1.807, 2.05) is 16.8 Å². The Labute approximate surface area is 151 Å². The summed E-state index contributed by atoms with van der Waals surface area (Å²) in [5.41, 5.74) is 1.12. The molecule has 7 heteroatoms. The Morgan fingerprint density at radius 3 is 3.04 bits per heavy atom. The SMILES string of the molecule is O=C(NCCc1cccs1)[C@H]1CN(C2CCOCC2)Cc2ccnn21. The van der Waals surface area contributed by atoms with Crippen molar-refractivity contribution >= 4 is 17.2 Å². The van der Waals surface area contributed by atoms with Gasteiger partial charge in [0.25, 0.3) is 0 Å². The molecule has 2 aliphatic heterocycles. The van der Waals surface area contributed by atoms with E-state index in [0.29, 0.717) is 12.6 Å². The molecule has 4 rings (SSSR count). The highest BCUT2D eigenvalue weighted by Crippen LogP contribution is 2.26. The van der Waals surface area contributed by atoms with Crippen LogP contribution in [0, 0.1) is 0 Å². The number of ether oxygens (including phenoxy) is 1. The second-order valence-electron chi connectivity index (χ2n) is 6.68. The van der Waals surface area contributed by atoms with Crippen LogP contribution in [-0.2, 0) is 22.5 Å². The number of hydrogen-bond donors (Lipinski definition) is 1. The smallest absolute Gasteiger partial charge is 0.246 e. The summed E-state index contributed by atoms with van der Waals surface area (Å²) in [6.45, 7) is 3.90. The predicted octanol–water partition coefficient (Wildman–Crippen LogP) is 1.84. The molecule has 0 radical (unpaired) electrons. The Balaban J connectivity index is 1.41. The van der Waals surface area contributed by atoms with Crippen LogP contribution >= 0.6 is 11.3 Å². The Morgan fingerprint density at radius 1 is 1.36 bits per heavy atom. The number of carbonyl (C=O) groups excluding carboxylic acids is 1. The van der Waals surface area contributed by atoms with Gasteiger partial charge in [0.1, 0.15) is 6.04 Å². The van der Waals surface area contributed by atoms with E-state index in [1.165, 1.54) is 4.88 Å². The normalized spacial score (nSPS) is 21.8. The molecule has 4 heterocycles. The van der Waals surface area contributed by atoms with E-state index < -0.39 is 0 Å². The van der Waals surface area contributed by atoms with Gasteiger partial charge in [-0.2, -0.15) is 5.10 Å². The van der Waals surface area contributed by atoms with Crippen molar-refractivity contribution in [3.63, 3.8) is 0 Å². The topological polar surface area (TPSA) is 59.4 Å². The summed E-state index contributed by atoms with van der Waals surface area (Å²) in [4.78, 5) is 16.5. The van der Waals surface area contributed by atoms with Crippen molar-refractivity contribution < 1.29 is 9.53 Å². The number of carbonyl (C=O) groups is 1. The van der Waals surface area contributed by atoms with Crippen molar-refractivity contribution in [2.75, 3.05) is 26.3 Å². The van der Waals surface area contributed by atoms with E-state index in [2.05, 4.69) is 26.8 Å². The first-order chi connectivity index (χ1) is 12.3. The molecule has 1 atom stereocenters. The molecule has 0 bridgehead atoms. The molecule has 2 aliphatic rings. The summed E-state index contributed by atoms with van der Waals surface area (Å²) in [5.74, 6) is 0.0678. The summed E-state index contributed by atoms with van der Waals surface area (Å²) in [6, 6.07) is 6.43. The molecule has 134 valence electrons. The Morgan fingerprint density at radius 2 is 2.24 bits per heavy atom. The van der Waals surface area contributed by atoms with Gasteiger partial charge in [0.15, 0.2) is 0 Å². The van der Waals surface area contributed by atoms with E-state index in [4.69, 9.17) is 4.74 Å². The van der Waals surface area contributed by atoms with Gasteiger partial charge in [0.2, 0.25) is 5.91 Å². The second-order valence-corrected chi connectivity index (χ2v) is 7.71. The van der Waals surface area contributed by atoms with Crippen LogP contribution < -0.4 is 5.32 Å². The molecule has 1 amide bonds. The van der Waals surface area contributed by atoms with Gasteiger partial charge < -0.3 is 10.1 Å². The van der Waals surface area contributed by atoms with Crippen LogP contribution in [-0.4, -0.2) is 52.9 Å². The minimum absolute atomic E-state index is 0.0678. The number of fused-ring (bicyclic) bond motifs is 1. The van der Waals surface area contributed by atoms with E-state index >= 15 is 0 Å². The monoisotopic (exact) mass is 360 g/mol. The lowest BCUT2D eigenvalue weighted by Crippen LogP contribution is -2.49. The maximum absolute atomic E-state index is 12.8. The van der Waals surface area contributed by atoms with Gasteiger partial charge in [0.05, 0.1) is 5.69 Å². The summed E-state index contributed by atoms with van der Waals surface area (Å²) in [5, 5.41) is 9.57. The van der Waals surface area contributed by atoms with Crippen molar-refractivity contribution in [1.82, 2.24) is 20.0 Å². The van der Waals surface area contributed by atoms with Gasteiger partial charge >= 0.3 is 0 Å². The van der Waals surface area contributed by atoms with Crippen LogP contribution in [0.2, 0.25) is 0 Å². The summed E-state index contributed by atoms with van der Waals surface area (Å²) in [7, 11) is 0. The van der Waals surface area contributed by atoms with E-state index in [1.54, 1.807) is 17.5 Å². The summed E-state index contributed by atoms with van der Waals surface area (Å²) >= 11 is 1.73. The number of nitrogens with one attached hydrogen (secondary N) is 1. The van der Waals surface area contributed by atoms with Crippen LogP contribution in [0.3, 0.4) is 0 Å². The molecule has 0 spiro atoms. The highest BCUT2D eigenvalue weighted by atomic mass is 32.1. The van der Waals surface area contributed by atoms with Crippen molar-refractivity contribution in [3.8, 4) is 0 Å². The first-order valence-corrected chi connectivity index (χ1v) is 9.83. The Bertz CT molecular complexity index is 694. The lowest BCUT2D eigenvalue weighted by atomic mass is 10.0. The van der Waals surface area contributed by atoms with E-state index in [0.717, 1.165) is 51.3 Å². The third kappa shape index (κ3) is 3.78. The molecule has 1 N–H and O–H groups in total. The number of aromatic nitrogens is 2. The quantitative estimate of drug-likeness (QED) is 0.884. The number of amides is 1. The van der Waals surface area contributed by atoms with Gasteiger partial charge in [0, 0.05) is 50.0 Å². The average molecular weight is 360 g/mol. The fraction of sp³-hybridized carbons (Fsp3) is 0.556. The zero-order chi connectivity index (χ0) is 17.1. The fourth-order valence-corrected chi connectivity index (χ4v) is 4.43. The minimum atomic E-state index is -0.245. The molecule has 0 unspecified atom stereocenters. The number of thiophene rings is 1. The van der Waals surface area contributed by atoms with Crippen LogP contribution in [0.4, 0.5) is 0 Å². The summed E-state index contributed by atoms with van der Waals surface area (Å²) in [6.07, 6.45) is 4.77. The first kappa shape index (κ1) is 16.8. The predicted molar refractivity (Wildman–Crippen MR) is 96.5 cm³/mol. The van der Waals surface area contributed by atoms with Crippen LogP contribution in [0.5, 0.6) is 0 Å². The molecule has 6 nitrogen and oxygen atoms in total. The number of nitrogens with zero attached hydrogens (tertiary/aromatic N) is 3. The van der Waals surface area contributed by atoms with Gasteiger partial charge in [-0.1, -0.05) is 6.07 Å². The lowest BCUT2D eigenvalue weighted by Gasteiger charge is -2.39. The molecule has 0 aromatic carbocycles. The average Bonchev–Trinajstić information content (AvgIpc) is 3.33. The highest BCUT2D eigenvalue weighted by Gasteiger charge is 2.34. The lowest BCUT2D eigenvalue weighted by molar-refractivity contribution is -0.126. The molecule has 2 aromatic heterocycles. The number of rotatable bonds is 5. The largest absolute Gasteiger partial charge is 0.381 e. The molecule has 2 aromatic rings. The third-order valence-electron chi connectivity index (χ3n) is 5.08. The molecule has 0 saturated carbocycles. The highest BCUT2D eigenvalue weighted by molar-refractivity contribution is 7.09. The van der Waals surface area contributed by atoms with Crippen LogP contribution in [0.25, 0.3) is 0 Å². The maximum Gasteiger partial charge on any atom is 0.246 e.